The van der Waals surface area contributed by atoms with Gasteiger partial charge in [-0.05, 0) is 54.0 Å². The van der Waals surface area contributed by atoms with E-state index in [1.807, 2.05) is 40.6 Å². The van der Waals surface area contributed by atoms with Gasteiger partial charge in [-0.2, -0.15) is 0 Å². The fraction of sp³-hybridized carbons (Fsp3) is 0.450. The van der Waals surface area contributed by atoms with Crippen molar-refractivity contribution in [2.24, 2.45) is 0 Å². The summed E-state index contributed by atoms with van der Waals surface area (Å²) in [6.45, 7) is 1.21. The van der Waals surface area contributed by atoms with Crippen molar-refractivity contribution < 1.29 is 13.2 Å². The molecule has 0 spiro atoms. The Morgan fingerprint density at radius 1 is 1.11 bits per heavy atom. The largest absolute Gasteiger partial charge is 0.333 e. The maximum Gasteiger partial charge on any atom is 0.264 e. The van der Waals surface area contributed by atoms with Crippen LogP contribution in [-0.4, -0.2) is 31.0 Å². The van der Waals surface area contributed by atoms with E-state index in [4.69, 9.17) is 0 Å². The van der Waals surface area contributed by atoms with Gasteiger partial charge in [0, 0.05) is 18.8 Å². The van der Waals surface area contributed by atoms with Crippen molar-refractivity contribution in [1.29, 1.82) is 0 Å². The van der Waals surface area contributed by atoms with Gasteiger partial charge in [0.1, 0.15) is 0 Å². The van der Waals surface area contributed by atoms with Crippen molar-refractivity contribution in [3.8, 4) is 0 Å². The van der Waals surface area contributed by atoms with Crippen molar-refractivity contribution in [2.45, 2.75) is 50.3 Å². The number of carbonyl (C=O) groups excluding carboxylic acids is 1. The molecular formula is C20H24N2O3S2. The van der Waals surface area contributed by atoms with Gasteiger partial charge in [-0.25, -0.2) is 8.42 Å². The first-order valence-electron chi connectivity index (χ1n) is 9.49. The van der Waals surface area contributed by atoms with Crippen LogP contribution in [0.4, 0.5) is 5.69 Å². The number of sulfonamides is 1. The number of fused-ring (bicyclic) bond motifs is 1. The normalized spacial score (nSPS) is 18.1. The molecule has 0 atom stereocenters. The lowest BCUT2D eigenvalue weighted by atomic mass is 9.99. The molecule has 2 heterocycles. The summed E-state index contributed by atoms with van der Waals surface area (Å²) in [5, 5.41) is 1.61. The van der Waals surface area contributed by atoms with Crippen LogP contribution in [0.5, 0.6) is 0 Å². The fourth-order valence-electron chi connectivity index (χ4n) is 3.97. The molecule has 5 nitrogen and oxygen atoms in total. The molecule has 1 aromatic heterocycles. The molecule has 2 aliphatic rings. The summed E-state index contributed by atoms with van der Waals surface area (Å²) >= 11 is 1.45. The number of hydrogen-bond acceptors (Lipinski definition) is 4. The smallest absolute Gasteiger partial charge is 0.264 e. The van der Waals surface area contributed by atoms with Crippen LogP contribution in [0.3, 0.4) is 0 Å². The number of nitrogens with one attached hydrogen (secondary N) is 1. The van der Waals surface area contributed by atoms with Crippen molar-refractivity contribution in [1.82, 2.24) is 4.90 Å². The van der Waals surface area contributed by atoms with Crippen molar-refractivity contribution >= 4 is 33.0 Å². The van der Waals surface area contributed by atoms with Gasteiger partial charge in [0.05, 0.1) is 10.1 Å². The zero-order chi connectivity index (χ0) is 18.9. The number of carbonyl (C=O) groups is 1. The molecule has 1 aromatic carbocycles. The Hall–Kier alpha value is -1.86. The number of amides is 1. The molecule has 1 saturated carbocycles. The third kappa shape index (κ3) is 4.04. The van der Waals surface area contributed by atoms with E-state index in [1.165, 1.54) is 16.9 Å². The van der Waals surface area contributed by atoms with Crippen LogP contribution in [0.2, 0.25) is 0 Å². The van der Waals surface area contributed by atoms with E-state index in [9.17, 15) is 13.2 Å². The summed E-state index contributed by atoms with van der Waals surface area (Å²) < 4.78 is 28.1. The second-order valence-electron chi connectivity index (χ2n) is 7.34. The van der Waals surface area contributed by atoms with E-state index in [1.54, 1.807) is 0 Å². The van der Waals surface area contributed by atoms with Crippen LogP contribution < -0.4 is 4.72 Å². The zero-order valence-electron chi connectivity index (χ0n) is 15.2. The number of rotatable bonds is 4. The predicted octanol–water partition coefficient (Wildman–Crippen LogP) is 4.02. The summed E-state index contributed by atoms with van der Waals surface area (Å²) in [6, 6.07) is 9.45. The van der Waals surface area contributed by atoms with Gasteiger partial charge in [-0.3, -0.25) is 9.52 Å². The quantitative estimate of drug-likeness (QED) is 0.837. The van der Waals surface area contributed by atoms with E-state index in [-0.39, 0.29) is 11.2 Å². The van der Waals surface area contributed by atoms with Gasteiger partial charge in [-0.1, -0.05) is 31.4 Å². The summed E-state index contributed by atoms with van der Waals surface area (Å²) in [5.74, 6) is 0.0452. The summed E-state index contributed by atoms with van der Waals surface area (Å²) in [7, 11) is -3.36. The van der Waals surface area contributed by atoms with E-state index in [2.05, 4.69) is 4.72 Å². The lowest BCUT2D eigenvalue weighted by molar-refractivity contribution is 0.0739. The third-order valence-corrected chi connectivity index (χ3v) is 8.22. The van der Waals surface area contributed by atoms with Gasteiger partial charge < -0.3 is 4.90 Å². The van der Waals surface area contributed by atoms with Crippen LogP contribution >= 0.6 is 11.3 Å². The summed E-state index contributed by atoms with van der Waals surface area (Å²) in [6.07, 6.45) is 5.36. The second kappa shape index (κ2) is 7.64. The first-order chi connectivity index (χ1) is 13.0. The van der Waals surface area contributed by atoms with E-state index in [0.717, 1.165) is 49.0 Å². The molecule has 0 radical (unpaired) electrons. The minimum atomic E-state index is -3.36. The standard InChI is InChI=1S/C20H24N2O3S2/c23-20(19-7-4-12-26-19)22-11-10-15-8-9-17(13-16(15)14-22)21-27(24,25)18-5-2-1-3-6-18/h4,7-9,12-13,18,21H,1-3,5-6,10-11,14H2. The molecule has 1 aliphatic carbocycles. The highest BCUT2D eigenvalue weighted by Gasteiger charge is 2.28. The van der Waals surface area contributed by atoms with E-state index < -0.39 is 10.0 Å². The number of nitrogens with zero attached hydrogens (tertiary/aromatic N) is 1. The highest BCUT2D eigenvalue weighted by atomic mass is 32.2. The molecule has 27 heavy (non-hydrogen) atoms. The average molecular weight is 405 g/mol. The van der Waals surface area contributed by atoms with E-state index in [0.29, 0.717) is 18.8 Å². The molecule has 1 aliphatic heterocycles. The first kappa shape index (κ1) is 18.5. The molecule has 2 aromatic rings. The Morgan fingerprint density at radius 3 is 2.67 bits per heavy atom. The predicted molar refractivity (Wildman–Crippen MR) is 109 cm³/mol. The van der Waals surface area contributed by atoms with Crippen LogP contribution in [0.1, 0.15) is 52.9 Å². The van der Waals surface area contributed by atoms with Crippen LogP contribution in [-0.2, 0) is 23.0 Å². The van der Waals surface area contributed by atoms with Gasteiger partial charge in [0.25, 0.3) is 5.91 Å². The number of anilines is 1. The maximum atomic E-state index is 12.7. The number of benzene rings is 1. The lowest BCUT2D eigenvalue weighted by Gasteiger charge is -2.29. The van der Waals surface area contributed by atoms with Crippen molar-refractivity contribution in [3.63, 3.8) is 0 Å². The zero-order valence-corrected chi connectivity index (χ0v) is 16.8. The van der Waals surface area contributed by atoms with Gasteiger partial charge in [0.15, 0.2) is 0 Å². The number of hydrogen-bond donors (Lipinski definition) is 1. The van der Waals surface area contributed by atoms with Crippen molar-refractivity contribution in [3.05, 3.63) is 51.7 Å². The molecular weight excluding hydrogens is 380 g/mol. The molecule has 1 fully saturated rings. The molecule has 0 bridgehead atoms. The third-order valence-electron chi connectivity index (χ3n) is 5.49. The Kier molecular flexibility index (Phi) is 5.23. The lowest BCUT2D eigenvalue weighted by Crippen LogP contribution is -2.35. The average Bonchev–Trinajstić information content (AvgIpc) is 3.22. The summed E-state index contributed by atoms with van der Waals surface area (Å²) in [5.41, 5.74) is 2.81. The minimum Gasteiger partial charge on any atom is -0.333 e. The molecule has 0 unspecified atom stereocenters. The first-order valence-corrected chi connectivity index (χ1v) is 11.9. The van der Waals surface area contributed by atoms with Crippen LogP contribution in [0.25, 0.3) is 0 Å². The second-order valence-corrected chi connectivity index (χ2v) is 10.3. The fourth-order valence-corrected chi connectivity index (χ4v) is 6.24. The van der Waals surface area contributed by atoms with Gasteiger partial charge in [-0.15, -0.1) is 11.3 Å². The molecule has 1 amide bonds. The Bertz CT molecular complexity index is 917. The summed E-state index contributed by atoms with van der Waals surface area (Å²) in [4.78, 5) is 15.2. The SMILES string of the molecule is O=C(c1cccs1)N1CCc2ccc(NS(=O)(=O)C3CCCCC3)cc2C1. The Morgan fingerprint density at radius 2 is 1.93 bits per heavy atom. The van der Waals surface area contributed by atoms with Gasteiger partial charge in [0.2, 0.25) is 10.0 Å². The highest BCUT2D eigenvalue weighted by molar-refractivity contribution is 7.93. The molecule has 1 N–H and O–H groups in total. The Balaban J connectivity index is 1.50. The topological polar surface area (TPSA) is 66.5 Å². The monoisotopic (exact) mass is 404 g/mol. The highest BCUT2D eigenvalue weighted by Crippen LogP contribution is 2.28. The number of thiophene rings is 1. The van der Waals surface area contributed by atoms with Gasteiger partial charge >= 0.3 is 0 Å². The van der Waals surface area contributed by atoms with E-state index >= 15 is 0 Å². The Labute approximate surface area is 164 Å². The molecule has 144 valence electrons. The molecule has 7 heteroatoms. The van der Waals surface area contributed by atoms with Crippen LogP contribution in [0, 0.1) is 0 Å². The maximum absolute atomic E-state index is 12.7. The minimum absolute atomic E-state index is 0.0452. The molecule has 4 rings (SSSR count). The van der Waals surface area contributed by atoms with Crippen LogP contribution in [0.15, 0.2) is 35.7 Å². The molecule has 0 saturated heterocycles. The van der Waals surface area contributed by atoms with Crippen molar-refractivity contribution in [2.75, 3.05) is 11.3 Å².